The maximum atomic E-state index is 11.1. The quantitative estimate of drug-likeness (QED) is 0.529. The van der Waals surface area contributed by atoms with E-state index in [4.69, 9.17) is 4.74 Å². The molecule has 1 N–H and O–H groups in total. The van der Waals surface area contributed by atoms with Crippen LogP contribution in [0.2, 0.25) is 0 Å². The Morgan fingerprint density at radius 3 is 3.00 bits per heavy atom. The van der Waals surface area contributed by atoms with Crippen molar-refractivity contribution in [3.63, 3.8) is 0 Å². The normalized spacial score (nSPS) is 25.2. The molecule has 1 amide bonds. The second-order valence-corrected chi connectivity index (χ2v) is 2.97. The Hall–Kier alpha value is -0.570. The third kappa shape index (κ3) is 1.48. The van der Waals surface area contributed by atoms with E-state index in [-0.39, 0.29) is 5.91 Å². The lowest BCUT2D eigenvalue weighted by Crippen LogP contribution is -2.41. The second kappa shape index (κ2) is 2.58. The summed E-state index contributed by atoms with van der Waals surface area (Å²) in [5, 5.41) is 2.77. The fourth-order valence-electron chi connectivity index (χ4n) is 0.880. The molecule has 0 aromatic carbocycles. The van der Waals surface area contributed by atoms with Gasteiger partial charge in [-0.3, -0.25) is 4.79 Å². The van der Waals surface area contributed by atoms with Gasteiger partial charge in [0.1, 0.15) is 5.60 Å². The molecule has 1 aliphatic rings. The monoisotopic (exact) mass is 143 g/mol. The summed E-state index contributed by atoms with van der Waals surface area (Å²) in [4.78, 5) is 11.1. The van der Waals surface area contributed by atoms with E-state index in [1.54, 1.807) is 13.8 Å². The van der Waals surface area contributed by atoms with E-state index in [1.165, 1.54) is 0 Å². The largest absolute Gasteiger partial charge is 0.366 e. The molecule has 3 nitrogen and oxygen atoms in total. The smallest absolute Gasteiger partial charge is 0.251 e. The summed E-state index contributed by atoms with van der Waals surface area (Å²) < 4.78 is 5.29. The van der Waals surface area contributed by atoms with Crippen molar-refractivity contribution < 1.29 is 9.53 Å². The Labute approximate surface area is 60.7 Å². The molecular weight excluding hydrogens is 130 g/mol. The zero-order valence-electron chi connectivity index (χ0n) is 6.44. The predicted molar refractivity (Wildman–Crippen MR) is 37.7 cm³/mol. The lowest BCUT2D eigenvalue weighted by molar-refractivity contribution is -0.140. The number of amides is 1. The lowest BCUT2D eigenvalue weighted by atomic mass is 10.1. The van der Waals surface area contributed by atoms with Crippen molar-refractivity contribution in [1.29, 1.82) is 0 Å². The van der Waals surface area contributed by atoms with Crippen molar-refractivity contribution >= 4 is 5.91 Å². The fourth-order valence-corrected chi connectivity index (χ4v) is 0.880. The first kappa shape index (κ1) is 7.54. The van der Waals surface area contributed by atoms with Crippen LogP contribution in [0.4, 0.5) is 0 Å². The van der Waals surface area contributed by atoms with Crippen molar-refractivity contribution in [3.8, 4) is 0 Å². The molecule has 0 aromatic rings. The minimum absolute atomic E-state index is 0.00926. The van der Waals surface area contributed by atoms with Crippen LogP contribution in [-0.4, -0.2) is 24.7 Å². The number of hydrogen-bond donors (Lipinski definition) is 1. The first-order valence-corrected chi connectivity index (χ1v) is 3.55. The molecule has 58 valence electrons. The highest BCUT2D eigenvalue weighted by atomic mass is 16.5. The highest BCUT2D eigenvalue weighted by Crippen LogP contribution is 2.11. The van der Waals surface area contributed by atoms with Crippen molar-refractivity contribution in [1.82, 2.24) is 5.32 Å². The van der Waals surface area contributed by atoms with E-state index >= 15 is 0 Å². The van der Waals surface area contributed by atoms with Gasteiger partial charge in [-0.25, -0.2) is 0 Å². The van der Waals surface area contributed by atoms with Gasteiger partial charge >= 0.3 is 0 Å². The van der Waals surface area contributed by atoms with E-state index in [2.05, 4.69) is 5.32 Å². The number of nitrogens with one attached hydrogen (secondary N) is 1. The summed E-state index contributed by atoms with van der Waals surface area (Å²) in [6.07, 6.45) is 0.912. The van der Waals surface area contributed by atoms with E-state index in [0.717, 1.165) is 13.0 Å². The predicted octanol–water partition coefficient (Wildman–Crippen LogP) is 0.301. The van der Waals surface area contributed by atoms with Crippen LogP contribution in [0, 0.1) is 0 Å². The molecule has 1 heterocycles. The molecule has 0 saturated carbocycles. The zero-order valence-corrected chi connectivity index (χ0v) is 6.44. The van der Waals surface area contributed by atoms with Crippen LogP contribution in [0.25, 0.3) is 0 Å². The van der Waals surface area contributed by atoms with Gasteiger partial charge in [-0.1, -0.05) is 0 Å². The topological polar surface area (TPSA) is 38.3 Å². The van der Waals surface area contributed by atoms with Crippen LogP contribution in [0.3, 0.4) is 0 Å². The SMILES string of the molecule is CC1(C)OCCCNC1=O. The maximum Gasteiger partial charge on any atom is 0.251 e. The molecule has 0 spiro atoms. The number of ether oxygens (including phenoxy) is 1. The van der Waals surface area contributed by atoms with Gasteiger partial charge in [-0.2, -0.15) is 0 Å². The molecule has 1 fully saturated rings. The van der Waals surface area contributed by atoms with Crippen LogP contribution in [0.15, 0.2) is 0 Å². The summed E-state index contributed by atoms with van der Waals surface area (Å²) in [6, 6.07) is 0. The average molecular weight is 143 g/mol. The van der Waals surface area contributed by atoms with Crippen LogP contribution < -0.4 is 5.32 Å². The van der Waals surface area contributed by atoms with E-state index < -0.39 is 5.60 Å². The molecule has 0 atom stereocenters. The van der Waals surface area contributed by atoms with Crippen molar-refractivity contribution in [2.45, 2.75) is 25.9 Å². The van der Waals surface area contributed by atoms with Gasteiger partial charge in [0.2, 0.25) is 0 Å². The van der Waals surface area contributed by atoms with Crippen molar-refractivity contribution in [3.05, 3.63) is 0 Å². The van der Waals surface area contributed by atoms with Gasteiger partial charge in [-0.05, 0) is 20.3 Å². The van der Waals surface area contributed by atoms with Gasteiger partial charge in [0.25, 0.3) is 5.91 Å². The summed E-state index contributed by atoms with van der Waals surface area (Å²) in [6.45, 7) is 4.98. The van der Waals surface area contributed by atoms with Crippen LogP contribution in [-0.2, 0) is 9.53 Å². The minimum Gasteiger partial charge on any atom is -0.366 e. The molecule has 0 unspecified atom stereocenters. The van der Waals surface area contributed by atoms with Gasteiger partial charge in [-0.15, -0.1) is 0 Å². The second-order valence-electron chi connectivity index (χ2n) is 2.97. The number of rotatable bonds is 0. The van der Waals surface area contributed by atoms with Crippen molar-refractivity contribution in [2.75, 3.05) is 13.2 Å². The first-order valence-electron chi connectivity index (χ1n) is 3.55. The van der Waals surface area contributed by atoms with Gasteiger partial charge in [0.05, 0.1) is 0 Å². The van der Waals surface area contributed by atoms with Gasteiger partial charge in [0.15, 0.2) is 0 Å². The molecule has 1 rings (SSSR count). The molecule has 0 bridgehead atoms. The molecule has 3 heteroatoms. The molecule has 0 aromatic heterocycles. The molecule has 0 aliphatic carbocycles. The molecular formula is C7H13NO2. The molecule has 10 heavy (non-hydrogen) atoms. The fraction of sp³-hybridized carbons (Fsp3) is 0.857. The molecule has 0 radical (unpaired) electrons. The highest BCUT2D eigenvalue weighted by molar-refractivity contribution is 5.84. The first-order chi connectivity index (χ1) is 4.63. The Kier molecular flexibility index (Phi) is 1.94. The van der Waals surface area contributed by atoms with E-state index in [1.807, 2.05) is 0 Å². The lowest BCUT2D eigenvalue weighted by Gasteiger charge is -2.19. The molecule has 1 aliphatic heterocycles. The molecule has 1 saturated heterocycles. The summed E-state index contributed by atoms with van der Waals surface area (Å²) >= 11 is 0. The summed E-state index contributed by atoms with van der Waals surface area (Å²) in [5.41, 5.74) is -0.628. The van der Waals surface area contributed by atoms with E-state index in [0.29, 0.717) is 6.61 Å². The summed E-state index contributed by atoms with van der Waals surface area (Å²) in [5.74, 6) is -0.00926. The van der Waals surface area contributed by atoms with Crippen molar-refractivity contribution in [2.24, 2.45) is 0 Å². The van der Waals surface area contributed by atoms with Gasteiger partial charge in [0, 0.05) is 13.2 Å². The summed E-state index contributed by atoms with van der Waals surface area (Å²) in [7, 11) is 0. The van der Waals surface area contributed by atoms with Gasteiger partial charge < -0.3 is 10.1 Å². The standard InChI is InChI=1S/C7H13NO2/c1-7(2)6(9)8-4-3-5-10-7/h3-5H2,1-2H3,(H,8,9). The maximum absolute atomic E-state index is 11.1. The Morgan fingerprint density at radius 1 is 1.60 bits per heavy atom. The zero-order chi connectivity index (χ0) is 7.61. The minimum atomic E-state index is -0.628. The van der Waals surface area contributed by atoms with Crippen LogP contribution in [0.1, 0.15) is 20.3 Å². The Balaban J connectivity index is 2.61. The van der Waals surface area contributed by atoms with Crippen LogP contribution in [0.5, 0.6) is 0 Å². The number of carbonyl (C=O) groups excluding carboxylic acids is 1. The van der Waals surface area contributed by atoms with E-state index in [9.17, 15) is 4.79 Å². The number of hydrogen-bond acceptors (Lipinski definition) is 2. The Morgan fingerprint density at radius 2 is 2.30 bits per heavy atom. The Bertz CT molecular complexity index is 143. The highest BCUT2D eigenvalue weighted by Gasteiger charge is 2.29. The average Bonchev–Trinajstić information content (AvgIpc) is 1.96. The van der Waals surface area contributed by atoms with Crippen LogP contribution >= 0.6 is 0 Å². The number of carbonyl (C=O) groups is 1. The third-order valence-electron chi connectivity index (χ3n) is 1.62. The third-order valence-corrected chi connectivity index (χ3v) is 1.62.